The largest absolute Gasteiger partial charge is 0.497 e. The molecule has 1 heterocycles. The Balaban J connectivity index is 1.75. The fourth-order valence-corrected chi connectivity index (χ4v) is 2.85. The molecule has 1 amide bonds. The van der Waals surface area contributed by atoms with Gasteiger partial charge in [-0.25, -0.2) is 0 Å². The Morgan fingerprint density at radius 3 is 2.26 bits per heavy atom. The summed E-state index contributed by atoms with van der Waals surface area (Å²) in [6.45, 7) is 5.92. The second-order valence-electron chi connectivity index (χ2n) is 6.69. The summed E-state index contributed by atoms with van der Waals surface area (Å²) in [4.78, 5) is 16.9. The number of nitrogens with zero attached hydrogens (tertiary/aromatic N) is 2. The number of aromatic nitrogens is 2. The van der Waals surface area contributed by atoms with Crippen molar-refractivity contribution in [1.82, 2.24) is 15.5 Å². The maximum atomic E-state index is 12.7. The third-order valence-corrected chi connectivity index (χ3v) is 4.35. The molecule has 6 nitrogen and oxygen atoms in total. The first kappa shape index (κ1) is 18.6. The van der Waals surface area contributed by atoms with Crippen LogP contribution in [0.25, 0.3) is 11.5 Å². The van der Waals surface area contributed by atoms with Gasteiger partial charge in [-0.2, -0.15) is 4.98 Å². The highest BCUT2D eigenvalue weighted by atomic mass is 16.5. The van der Waals surface area contributed by atoms with Gasteiger partial charge < -0.3 is 14.6 Å². The number of carbonyl (C=O) groups is 1. The van der Waals surface area contributed by atoms with Gasteiger partial charge >= 0.3 is 0 Å². The van der Waals surface area contributed by atoms with Gasteiger partial charge in [0.15, 0.2) is 5.82 Å². The Hall–Kier alpha value is -3.15. The molecule has 0 aliphatic rings. The lowest BCUT2D eigenvalue weighted by Crippen LogP contribution is -2.31. The summed E-state index contributed by atoms with van der Waals surface area (Å²) in [5, 5.41) is 6.90. The molecule has 0 fully saturated rings. The minimum Gasteiger partial charge on any atom is -0.497 e. The molecule has 0 aliphatic carbocycles. The van der Waals surface area contributed by atoms with Crippen LogP contribution in [-0.2, 0) is 0 Å². The number of rotatable bonds is 6. The van der Waals surface area contributed by atoms with Gasteiger partial charge in [-0.05, 0) is 54.8 Å². The van der Waals surface area contributed by atoms with Crippen molar-refractivity contribution >= 4 is 5.91 Å². The molecule has 3 rings (SSSR count). The van der Waals surface area contributed by atoms with Crippen molar-refractivity contribution in [3.63, 3.8) is 0 Å². The summed E-state index contributed by atoms with van der Waals surface area (Å²) in [7, 11) is 1.63. The Kier molecular flexibility index (Phi) is 5.54. The van der Waals surface area contributed by atoms with E-state index in [2.05, 4.69) is 29.3 Å². The molecule has 6 heteroatoms. The molecule has 2 aromatic carbocycles. The zero-order valence-corrected chi connectivity index (χ0v) is 15.9. The zero-order valence-electron chi connectivity index (χ0n) is 15.9. The minimum absolute atomic E-state index is 0.0957. The Morgan fingerprint density at radius 2 is 1.74 bits per heavy atom. The third kappa shape index (κ3) is 4.34. The molecule has 0 spiro atoms. The van der Waals surface area contributed by atoms with E-state index in [0.29, 0.717) is 17.3 Å². The van der Waals surface area contributed by atoms with Crippen LogP contribution in [0.3, 0.4) is 0 Å². The van der Waals surface area contributed by atoms with Crippen LogP contribution in [0.15, 0.2) is 53.1 Å². The Morgan fingerprint density at radius 1 is 1.07 bits per heavy atom. The molecule has 1 aromatic heterocycles. The second kappa shape index (κ2) is 8.03. The number of amides is 1. The molecular formula is C21H23N3O3. The fraction of sp³-hybridized carbons (Fsp3) is 0.286. The number of hydrogen-bond acceptors (Lipinski definition) is 5. The summed E-state index contributed by atoms with van der Waals surface area (Å²) >= 11 is 0. The van der Waals surface area contributed by atoms with Crippen molar-refractivity contribution in [2.75, 3.05) is 7.11 Å². The van der Waals surface area contributed by atoms with Crippen LogP contribution in [0.5, 0.6) is 5.75 Å². The first-order valence-corrected chi connectivity index (χ1v) is 8.83. The van der Waals surface area contributed by atoms with Crippen molar-refractivity contribution in [2.24, 2.45) is 5.92 Å². The molecule has 0 saturated carbocycles. The number of hydrogen-bond donors (Lipinski definition) is 1. The van der Waals surface area contributed by atoms with Crippen LogP contribution < -0.4 is 10.1 Å². The fourth-order valence-electron chi connectivity index (χ4n) is 2.85. The van der Waals surface area contributed by atoms with Crippen LogP contribution in [0.1, 0.15) is 41.6 Å². The average molecular weight is 365 g/mol. The van der Waals surface area contributed by atoms with Crippen molar-refractivity contribution in [1.29, 1.82) is 0 Å². The van der Waals surface area contributed by atoms with E-state index in [-0.39, 0.29) is 17.9 Å². The average Bonchev–Trinajstić information content (AvgIpc) is 3.12. The number of benzene rings is 2. The second-order valence-corrected chi connectivity index (χ2v) is 6.69. The van der Waals surface area contributed by atoms with Crippen molar-refractivity contribution in [3.8, 4) is 17.2 Å². The SMILES string of the molecule is COc1ccc(C(NC(=O)c2ccc(-c3nc(C)no3)cc2)C(C)C)cc1. The van der Waals surface area contributed by atoms with Crippen LogP contribution in [0.4, 0.5) is 0 Å². The lowest BCUT2D eigenvalue weighted by atomic mass is 9.95. The highest BCUT2D eigenvalue weighted by Gasteiger charge is 2.19. The number of aryl methyl sites for hydroxylation is 1. The van der Waals surface area contributed by atoms with E-state index in [1.807, 2.05) is 24.3 Å². The molecule has 3 aromatic rings. The monoisotopic (exact) mass is 365 g/mol. The predicted molar refractivity (Wildman–Crippen MR) is 103 cm³/mol. The Bertz CT molecular complexity index is 899. The van der Waals surface area contributed by atoms with Crippen LogP contribution >= 0.6 is 0 Å². The molecule has 140 valence electrons. The molecular weight excluding hydrogens is 342 g/mol. The maximum absolute atomic E-state index is 12.7. The summed E-state index contributed by atoms with van der Waals surface area (Å²) in [5.74, 6) is 1.92. The number of ether oxygens (including phenoxy) is 1. The summed E-state index contributed by atoms with van der Waals surface area (Å²) in [5.41, 5.74) is 2.40. The lowest BCUT2D eigenvalue weighted by molar-refractivity contribution is 0.0925. The van der Waals surface area contributed by atoms with Gasteiger partial charge in [0, 0.05) is 11.1 Å². The molecule has 1 N–H and O–H groups in total. The van der Waals surface area contributed by atoms with E-state index in [9.17, 15) is 4.79 Å². The first-order valence-electron chi connectivity index (χ1n) is 8.83. The predicted octanol–water partition coefficient (Wildman–Crippen LogP) is 4.18. The number of carbonyl (C=O) groups excluding carboxylic acids is 1. The first-order chi connectivity index (χ1) is 13.0. The minimum atomic E-state index is -0.127. The maximum Gasteiger partial charge on any atom is 0.257 e. The van der Waals surface area contributed by atoms with Gasteiger partial charge in [-0.1, -0.05) is 31.1 Å². The van der Waals surface area contributed by atoms with Crippen LogP contribution in [-0.4, -0.2) is 23.2 Å². The van der Waals surface area contributed by atoms with Gasteiger partial charge in [0.05, 0.1) is 13.2 Å². The van der Waals surface area contributed by atoms with E-state index in [1.165, 1.54) is 0 Å². The van der Waals surface area contributed by atoms with E-state index in [4.69, 9.17) is 9.26 Å². The topological polar surface area (TPSA) is 77.2 Å². The van der Waals surface area contributed by atoms with E-state index in [1.54, 1.807) is 38.3 Å². The van der Waals surface area contributed by atoms with E-state index in [0.717, 1.165) is 16.9 Å². The molecule has 27 heavy (non-hydrogen) atoms. The summed E-state index contributed by atoms with van der Waals surface area (Å²) in [6, 6.07) is 14.8. The van der Waals surface area contributed by atoms with Gasteiger partial charge in [0.1, 0.15) is 5.75 Å². The lowest BCUT2D eigenvalue weighted by Gasteiger charge is -2.23. The van der Waals surface area contributed by atoms with E-state index < -0.39 is 0 Å². The molecule has 1 unspecified atom stereocenters. The van der Waals surface area contributed by atoms with Crippen LogP contribution in [0, 0.1) is 12.8 Å². The van der Waals surface area contributed by atoms with Gasteiger partial charge in [-0.15, -0.1) is 0 Å². The Labute approximate surface area is 158 Å². The van der Waals surface area contributed by atoms with Gasteiger partial charge in [0.25, 0.3) is 11.8 Å². The van der Waals surface area contributed by atoms with Gasteiger partial charge in [-0.3, -0.25) is 4.79 Å². The number of methoxy groups -OCH3 is 1. The van der Waals surface area contributed by atoms with E-state index >= 15 is 0 Å². The zero-order chi connectivity index (χ0) is 19.4. The standard InChI is InChI=1S/C21H23N3O3/c1-13(2)19(15-9-11-18(26-4)12-10-15)23-20(25)16-5-7-17(8-6-16)21-22-14(3)24-27-21/h5-13,19H,1-4H3,(H,23,25). The van der Waals surface area contributed by atoms with Crippen molar-refractivity contribution in [2.45, 2.75) is 26.8 Å². The quantitative estimate of drug-likeness (QED) is 0.709. The molecule has 1 atom stereocenters. The molecule has 0 aliphatic heterocycles. The third-order valence-electron chi connectivity index (χ3n) is 4.35. The normalized spacial score (nSPS) is 12.0. The smallest absolute Gasteiger partial charge is 0.257 e. The van der Waals surface area contributed by atoms with Crippen molar-refractivity contribution < 1.29 is 14.1 Å². The summed E-state index contributed by atoms with van der Waals surface area (Å²) in [6.07, 6.45) is 0. The highest BCUT2D eigenvalue weighted by Crippen LogP contribution is 2.25. The van der Waals surface area contributed by atoms with Gasteiger partial charge in [0.2, 0.25) is 0 Å². The van der Waals surface area contributed by atoms with Crippen LogP contribution in [0.2, 0.25) is 0 Å². The van der Waals surface area contributed by atoms with Crippen molar-refractivity contribution in [3.05, 3.63) is 65.5 Å². The molecule has 0 radical (unpaired) electrons. The molecule has 0 saturated heterocycles. The number of nitrogens with one attached hydrogen (secondary N) is 1. The summed E-state index contributed by atoms with van der Waals surface area (Å²) < 4.78 is 10.4. The highest BCUT2D eigenvalue weighted by molar-refractivity contribution is 5.94. The molecule has 0 bridgehead atoms.